The number of aromatic nitrogens is 2. The summed E-state index contributed by atoms with van der Waals surface area (Å²) >= 11 is 0. The van der Waals surface area contributed by atoms with E-state index >= 15 is 0 Å². The van der Waals surface area contributed by atoms with E-state index in [0.29, 0.717) is 17.1 Å². The molecule has 0 saturated carbocycles. The van der Waals surface area contributed by atoms with Gasteiger partial charge in [-0.3, -0.25) is 0 Å². The number of carbonyl (C=O) groups is 1. The van der Waals surface area contributed by atoms with E-state index in [0.717, 1.165) is 11.1 Å². The Bertz CT molecular complexity index is 801. The molecule has 0 unspecified atom stereocenters. The summed E-state index contributed by atoms with van der Waals surface area (Å²) < 4.78 is 6.70. The molecule has 5 nitrogen and oxygen atoms in total. The molecule has 2 heterocycles. The summed E-state index contributed by atoms with van der Waals surface area (Å²) in [6.45, 7) is 3.99. The Morgan fingerprint density at radius 1 is 1.19 bits per heavy atom. The number of aryl methyl sites for hydroxylation is 2. The number of carboxylic acid groups (broad SMARTS) is 1. The topological polar surface area (TPSA) is 68.3 Å². The predicted molar refractivity (Wildman–Crippen MR) is 77.7 cm³/mol. The van der Waals surface area contributed by atoms with E-state index in [1.807, 2.05) is 32.0 Å². The Hall–Kier alpha value is -2.82. The van der Waals surface area contributed by atoms with E-state index in [2.05, 4.69) is 5.10 Å². The molecule has 3 aromatic rings. The zero-order valence-corrected chi connectivity index (χ0v) is 11.7. The number of hydrogen-bond donors (Lipinski definition) is 1. The van der Waals surface area contributed by atoms with Gasteiger partial charge < -0.3 is 9.52 Å². The van der Waals surface area contributed by atoms with Crippen LogP contribution in [0.15, 0.2) is 47.1 Å². The summed E-state index contributed by atoms with van der Waals surface area (Å²) in [5.74, 6) is -0.487. The highest BCUT2D eigenvalue weighted by molar-refractivity contribution is 5.87. The Morgan fingerprint density at radius 2 is 2.00 bits per heavy atom. The smallest absolute Gasteiger partial charge is 0.354 e. The quantitative estimate of drug-likeness (QED) is 0.799. The van der Waals surface area contributed by atoms with Gasteiger partial charge >= 0.3 is 5.97 Å². The maximum Gasteiger partial charge on any atom is 0.354 e. The highest BCUT2D eigenvalue weighted by Crippen LogP contribution is 2.23. The van der Waals surface area contributed by atoms with Gasteiger partial charge in [-0.2, -0.15) is 5.10 Å². The average molecular weight is 282 g/mol. The number of aromatic carboxylic acids is 1. The maximum atomic E-state index is 11.4. The van der Waals surface area contributed by atoms with Gasteiger partial charge in [-0.1, -0.05) is 6.07 Å². The van der Waals surface area contributed by atoms with E-state index in [1.54, 1.807) is 12.1 Å². The zero-order chi connectivity index (χ0) is 15.0. The summed E-state index contributed by atoms with van der Waals surface area (Å²) in [5, 5.41) is 13.7. The van der Waals surface area contributed by atoms with Gasteiger partial charge in [-0.05, 0) is 49.2 Å². The second-order valence-corrected chi connectivity index (χ2v) is 4.88. The van der Waals surface area contributed by atoms with Crippen molar-refractivity contribution in [3.8, 4) is 17.1 Å². The van der Waals surface area contributed by atoms with Crippen LogP contribution in [-0.4, -0.2) is 20.9 Å². The van der Waals surface area contributed by atoms with Crippen LogP contribution in [0.1, 0.15) is 21.6 Å². The molecule has 0 spiro atoms. The molecule has 3 rings (SSSR count). The minimum atomic E-state index is -1.03. The van der Waals surface area contributed by atoms with E-state index in [-0.39, 0.29) is 5.69 Å². The second kappa shape index (κ2) is 4.94. The van der Waals surface area contributed by atoms with Gasteiger partial charge in [0.2, 0.25) is 0 Å². The van der Waals surface area contributed by atoms with Crippen molar-refractivity contribution in [2.24, 2.45) is 0 Å². The third kappa shape index (κ3) is 2.33. The molecular weight excluding hydrogens is 268 g/mol. The fourth-order valence-electron chi connectivity index (χ4n) is 2.13. The van der Waals surface area contributed by atoms with Gasteiger partial charge in [-0.15, -0.1) is 0 Å². The molecule has 0 amide bonds. The van der Waals surface area contributed by atoms with Gasteiger partial charge in [0.25, 0.3) is 0 Å². The van der Waals surface area contributed by atoms with Crippen LogP contribution in [0.5, 0.6) is 0 Å². The molecule has 0 aliphatic rings. The van der Waals surface area contributed by atoms with Crippen LogP contribution in [0.25, 0.3) is 17.1 Å². The van der Waals surface area contributed by atoms with Crippen molar-refractivity contribution >= 4 is 5.97 Å². The molecule has 0 atom stereocenters. The molecule has 0 radical (unpaired) electrons. The maximum absolute atomic E-state index is 11.4. The number of benzene rings is 1. The first-order valence-corrected chi connectivity index (χ1v) is 6.51. The van der Waals surface area contributed by atoms with Crippen molar-refractivity contribution in [1.29, 1.82) is 0 Å². The van der Waals surface area contributed by atoms with Crippen molar-refractivity contribution < 1.29 is 14.3 Å². The summed E-state index contributed by atoms with van der Waals surface area (Å²) in [4.78, 5) is 11.4. The van der Waals surface area contributed by atoms with E-state index in [1.165, 1.54) is 17.0 Å². The minimum Gasteiger partial charge on any atom is -0.477 e. The summed E-state index contributed by atoms with van der Waals surface area (Å²) in [7, 11) is 0. The molecule has 0 bridgehead atoms. The Labute approximate surface area is 121 Å². The lowest BCUT2D eigenvalue weighted by molar-refractivity contribution is 0.0687. The van der Waals surface area contributed by atoms with Crippen LogP contribution in [0, 0.1) is 13.8 Å². The predicted octanol–water partition coefficient (Wildman–Crippen LogP) is 3.45. The monoisotopic (exact) mass is 282 g/mol. The average Bonchev–Trinajstić information content (AvgIpc) is 3.09. The standard InChI is InChI=1S/C16H14N2O3/c1-10-5-6-12(8-11(10)2)18-14(16(19)20)9-13(17-18)15-4-3-7-21-15/h3-9H,1-2H3,(H,19,20). The number of nitrogens with zero attached hydrogens (tertiary/aromatic N) is 2. The van der Waals surface area contributed by atoms with Crippen LogP contribution >= 0.6 is 0 Å². The molecule has 0 aliphatic carbocycles. The van der Waals surface area contributed by atoms with Crippen LogP contribution < -0.4 is 0 Å². The molecule has 2 aromatic heterocycles. The lowest BCUT2D eigenvalue weighted by Gasteiger charge is -2.07. The molecule has 5 heteroatoms. The molecule has 1 aromatic carbocycles. The SMILES string of the molecule is Cc1ccc(-n2nc(-c3ccco3)cc2C(=O)O)cc1C. The van der Waals surface area contributed by atoms with E-state index < -0.39 is 5.97 Å². The molecular formula is C16H14N2O3. The second-order valence-electron chi connectivity index (χ2n) is 4.88. The largest absolute Gasteiger partial charge is 0.477 e. The van der Waals surface area contributed by atoms with Crippen LogP contribution in [0.3, 0.4) is 0 Å². The fraction of sp³-hybridized carbons (Fsp3) is 0.125. The lowest BCUT2D eigenvalue weighted by Crippen LogP contribution is -2.08. The minimum absolute atomic E-state index is 0.102. The number of carboxylic acids is 1. The van der Waals surface area contributed by atoms with Crippen molar-refractivity contribution in [2.45, 2.75) is 13.8 Å². The highest BCUT2D eigenvalue weighted by Gasteiger charge is 2.18. The Morgan fingerprint density at radius 3 is 2.62 bits per heavy atom. The van der Waals surface area contributed by atoms with Gasteiger partial charge in [0.1, 0.15) is 5.69 Å². The first-order valence-electron chi connectivity index (χ1n) is 6.51. The highest BCUT2D eigenvalue weighted by atomic mass is 16.4. The lowest BCUT2D eigenvalue weighted by atomic mass is 10.1. The van der Waals surface area contributed by atoms with E-state index in [9.17, 15) is 9.90 Å². The third-order valence-electron chi connectivity index (χ3n) is 3.44. The number of hydrogen-bond acceptors (Lipinski definition) is 3. The summed E-state index contributed by atoms with van der Waals surface area (Å²) in [6.07, 6.45) is 1.53. The molecule has 0 aliphatic heterocycles. The first-order chi connectivity index (χ1) is 10.1. The van der Waals surface area contributed by atoms with E-state index in [4.69, 9.17) is 4.42 Å². The van der Waals surface area contributed by atoms with Crippen molar-refractivity contribution in [3.05, 3.63) is 59.5 Å². The summed E-state index contributed by atoms with van der Waals surface area (Å²) in [5.41, 5.74) is 3.54. The van der Waals surface area contributed by atoms with Crippen molar-refractivity contribution in [3.63, 3.8) is 0 Å². The molecule has 21 heavy (non-hydrogen) atoms. The van der Waals surface area contributed by atoms with Crippen LogP contribution in [0.4, 0.5) is 0 Å². The van der Waals surface area contributed by atoms with Gasteiger partial charge in [0.15, 0.2) is 11.5 Å². The molecule has 106 valence electrons. The van der Waals surface area contributed by atoms with Crippen LogP contribution in [-0.2, 0) is 0 Å². The van der Waals surface area contributed by atoms with Crippen LogP contribution in [0.2, 0.25) is 0 Å². The Balaban J connectivity index is 2.16. The molecule has 1 N–H and O–H groups in total. The zero-order valence-electron chi connectivity index (χ0n) is 11.7. The molecule has 0 saturated heterocycles. The molecule has 0 fully saturated rings. The van der Waals surface area contributed by atoms with Crippen molar-refractivity contribution in [2.75, 3.05) is 0 Å². The number of furan rings is 1. The first kappa shape index (κ1) is 13.2. The van der Waals surface area contributed by atoms with Gasteiger partial charge in [-0.25, -0.2) is 9.48 Å². The third-order valence-corrected chi connectivity index (χ3v) is 3.44. The normalized spacial score (nSPS) is 10.8. The Kier molecular flexibility index (Phi) is 3.10. The van der Waals surface area contributed by atoms with Gasteiger partial charge in [0.05, 0.1) is 12.0 Å². The number of rotatable bonds is 3. The summed E-state index contributed by atoms with van der Waals surface area (Å²) in [6, 6.07) is 10.7. The van der Waals surface area contributed by atoms with Crippen molar-refractivity contribution in [1.82, 2.24) is 9.78 Å². The fourth-order valence-corrected chi connectivity index (χ4v) is 2.13. The van der Waals surface area contributed by atoms with Gasteiger partial charge in [0, 0.05) is 6.07 Å².